The van der Waals surface area contributed by atoms with E-state index >= 15 is 0 Å². The number of rotatable bonds is 4. The van der Waals surface area contributed by atoms with Crippen molar-refractivity contribution in [2.45, 2.75) is 32.6 Å². The molecule has 0 fully saturated rings. The Balaban J connectivity index is 2.07. The molecule has 0 radical (unpaired) electrons. The SMILES string of the molecule is CC(C)(C)C(=O)[O][Sn]([CH]1C=CC=C1)([CH]1C=CC=C1)[CH]1C=CC=C1. The Morgan fingerprint density at radius 2 is 1.04 bits per heavy atom. The Hall–Kier alpha value is -1.29. The van der Waals surface area contributed by atoms with E-state index in [1.165, 1.54) is 0 Å². The molecule has 0 amide bonds. The number of carbonyl (C=O) groups is 1. The fourth-order valence-electron chi connectivity index (χ4n) is 3.38. The van der Waals surface area contributed by atoms with E-state index in [4.69, 9.17) is 3.07 Å². The van der Waals surface area contributed by atoms with E-state index in [9.17, 15) is 4.79 Å². The molecule has 23 heavy (non-hydrogen) atoms. The zero-order valence-electron chi connectivity index (χ0n) is 14.0. The molecule has 3 rings (SSSR count). The van der Waals surface area contributed by atoms with Crippen LogP contribution in [0.5, 0.6) is 0 Å². The van der Waals surface area contributed by atoms with E-state index in [-0.39, 0.29) is 17.8 Å². The quantitative estimate of drug-likeness (QED) is 0.604. The molecule has 2 nitrogen and oxygen atoms in total. The molecule has 0 atom stereocenters. The van der Waals surface area contributed by atoms with E-state index in [1.54, 1.807) is 0 Å². The van der Waals surface area contributed by atoms with Crippen LogP contribution >= 0.6 is 0 Å². The molecule has 0 saturated carbocycles. The topological polar surface area (TPSA) is 26.3 Å². The van der Waals surface area contributed by atoms with Crippen LogP contribution in [0.4, 0.5) is 0 Å². The van der Waals surface area contributed by atoms with E-state index in [1.807, 2.05) is 20.8 Å². The monoisotopic (exact) mass is 416 g/mol. The van der Waals surface area contributed by atoms with E-state index in [0.717, 1.165) is 0 Å². The van der Waals surface area contributed by atoms with Crippen LogP contribution in [0.25, 0.3) is 0 Å². The maximum absolute atomic E-state index is 12.8. The van der Waals surface area contributed by atoms with Crippen LogP contribution in [0, 0.1) is 5.41 Å². The molecule has 3 heteroatoms. The molecule has 0 bridgehead atoms. The third-order valence-corrected chi connectivity index (χ3v) is 18.4. The molecule has 0 unspecified atom stereocenters. The van der Waals surface area contributed by atoms with Crippen LogP contribution < -0.4 is 0 Å². The number of carbonyl (C=O) groups excluding carboxylic acids is 1. The molecule has 0 aromatic carbocycles. The van der Waals surface area contributed by atoms with Crippen molar-refractivity contribution in [3.05, 3.63) is 72.9 Å². The summed E-state index contributed by atoms with van der Waals surface area (Å²) >= 11 is -3.51. The van der Waals surface area contributed by atoms with Gasteiger partial charge in [0.15, 0.2) is 0 Å². The van der Waals surface area contributed by atoms with Crippen molar-refractivity contribution in [2.24, 2.45) is 5.41 Å². The van der Waals surface area contributed by atoms with Gasteiger partial charge in [-0.05, 0) is 0 Å². The van der Waals surface area contributed by atoms with E-state index in [2.05, 4.69) is 72.9 Å². The fourth-order valence-corrected chi connectivity index (χ4v) is 17.2. The minimum atomic E-state index is -3.51. The van der Waals surface area contributed by atoms with Crippen LogP contribution in [0.3, 0.4) is 0 Å². The first-order valence-electron chi connectivity index (χ1n) is 8.23. The molecule has 0 saturated heterocycles. The minimum absolute atomic E-state index is 0.0654. The molecule has 0 aromatic rings. The summed E-state index contributed by atoms with van der Waals surface area (Å²) in [6.07, 6.45) is 25.9. The average Bonchev–Trinajstić information content (AvgIpc) is 3.27. The van der Waals surface area contributed by atoms with E-state index < -0.39 is 24.2 Å². The summed E-state index contributed by atoms with van der Waals surface area (Å²) in [6.45, 7) is 5.81. The second-order valence-corrected chi connectivity index (χ2v) is 18.5. The Labute approximate surface area is 143 Å². The molecule has 0 N–H and O–H groups in total. The predicted octanol–water partition coefficient (Wildman–Crippen LogP) is 5.01. The molecular formula is C20H24O2Sn. The van der Waals surface area contributed by atoms with Gasteiger partial charge in [-0.15, -0.1) is 0 Å². The van der Waals surface area contributed by atoms with Gasteiger partial charge in [0.2, 0.25) is 0 Å². The first kappa shape index (κ1) is 16.6. The molecule has 0 spiro atoms. The Kier molecular flexibility index (Phi) is 4.54. The Morgan fingerprint density at radius 3 is 1.30 bits per heavy atom. The van der Waals surface area contributed by atoms with Crippen LogP contribution in [-0.4, -0.2) is 24.8 Å². The normalized spacial score (nSPS) is 21.2. The summed E-state index contributed by atoms with van der Waals surface area (Å²) in [5, 5.41) is 0. The molecular weight excluding hydrogens is 391 g/mol. The van der Waals surface area contributed by atoms with Crippen molar-refractivity contribution < 1.29 is 7.87 Å². The van der Waals surface area contributed by atoms with Crippen LogP contribution in [0.15, 0.2) is 72.9 Å². The second kappa shape index (κ2) is 6.31. The molecule has 3 aliphatic rings. The van der Waals surface area contributed by atoms with Gasteiger partial charge in [-0.1, -0.05) is 0 Å². The Morgan fingerprint density at radius 1 is 0.739 bits per heavy atom. The molecule has 0 heterocycles. The summed E-state index contributed by atoms with van der Waals surface area (Å²) in [5.41, 5.74) is -0.480. The first-order valence-corrected chi connectivity index (χ1v) is 14.3. The first-order chi connectivity index (χ1) is 10.9. The van der Waals surface area contributed by atoms with Crippen molar-refractivity contribution in [3.63, 3.8) is 0 Å². The van der Waals surface area contributed by atoms with Crippen molar-refractivity contribution in [3.8, 4) is 0 Å². The zero-order valence-corrected chi connectivity index (χ0v) is 16.8. The maximum atomic E-state index is 12.8. The summed E-state index contributed by atoms with van der Waals surface area (Å²) in [5.74, 6) is -0.0654. The Bertz CT molecular complexity index is 550. The molecule has 120 valence electrons. The number of hydrogen-bond donors (Lipinski definition) is 0. The standard InChI is InChI=1S/C5H10O2.3C5H5.Sn/c1-5(2,3)4(6)7;3*1-2-4-5-3-1;/h1-3H3,(H,6,7);3*1-5H;/q;;;;+1/p-1. The third kappa shape index (κ3) is 3.06. The number of hydrogen-bond acceptors (Lipinski definition) is 2. The fraction of sp³-hybridized carbons (Fsp3) is 0.350. The van der Waals surface area contributed by atoms with Crippen LogP contribution in [0.1, 0.15) is 20.8 Å². The second-order valence-electron chi connectivity index (χ2n) is 7.38. The van der Waals surface area contributed by atoms with Crippen LogP contribution in [0.2, 0.25) is 11.8 Å². The van der Waals surface area contributed by atoms with Gasteiger partial charge in [0, 0.05) is 0 Å². The van der Waals surface area contributed by atoms with Gasteiger partial charge in [0.1, 0.15) is 0 Å². The van der Waals surface area contributed by atoms with Gasteiger partial charge >= 0.3 is 144 Å². The summed E-state index contributed by atoms with van der Waals surface area (Å²) in [4.78, 5) is 12.8. The zero-order chi connectivity index (χ0) is 16.5. The summed E-state index contributed by atoms with van der Waals surface area (Å²) in [6, 6.07) is 0. The van der Waals surface area contributed by atoms with Crippen molar-refractivity contribution in [1.29, 1.82) is 0 Å². The van der Waals surface area contributed by atoms with Gasteiger partial charge in [0.05, 0.1) is 0 Å². The van der Waals surface area contributed by atoms with E-state index in [0.29, 0.717) is 0 Å². The molecule has 3 aliphatic carbocycles. The third-order valence-electron chi connectivity index (χ3n) is 4.69. The number of allylic oxidation sites excluding steroid dienone is 12. The summed E-state index contributed by atoms with van der Waals surface area (Å²) < 4.78 is 7.32. The van der Waals surface area contributed by atoms with Gasteiger partial charge in [-0.25, -0.2) is 0 Å². The van der Waals surface area contributed by atoms with Crippen LogP contribution in [-0.2, 0) is 7.87 Å². The predicted molar refractivity (Wildman–Crippen MR) is 97.4 cm³/mol. The van der Waals surface area contributed by atoms with Gasteiger partial charge in [-0.3, -0.25) is 0 Å². The molecule has 0 aliphatic heterocycles. The van der Waals surface area contributed by atoms with Crippen molar-refractivity contribution >= 4 is 24.8 Å². The van der Waals surface area contributed by atoms with Gasteiger partial charge in [0.25, 0.3) is 0 Å². The van der Waals surface area contributed by atoms with Gasteiger partial charge < -0.3 is 0 Å². The van der Waals surface area contributed by atoms with Crippen molar-refractivity contribution in [1.82, 2.24) is 0 Å². The summed E-state index contributed by atoms with van der Waals surface area (Å²) in [7, 11) is 0. The molecule has 0 aromatic heterocycles. The van der Waals surface area contributed by atoms with Crippen molar-refractivity contribution in [2.75, 3.05) is 0 Å². The average molecular weight is 415 g/mol. The van der Waals surface area contributed by atoms with Gasteiger partial charge in [-0.2, -0.15) is 0 Å².